The second-order valence-electron chi connectivity index (χ2n) is 8.31. The largest absolute Gasteiger partial charge is 0.332 e. The first-order valence-corrected chi connectivity index (χ1v) is 11.8. The normalized spacial score (nSPS) is 22.5. The fourth-order valence-corrected chi connectivity index (χ4v) is 5.66. The van der Waals surface area contributed by atoms with Crippen LogP contribution >= 0.6 is 39.1 Å². The van der Waals surface area contributed by atoms with Crippen molar-refractivity contribution in [1.82, 2.24) is 4.90 Å². The summed E-state index contributed by atoms with van der Waals surface area (Å²) < 4.78 is 0.966. The van der Waals surface area contributed by atoms with E-state index in [-0.39, 0.29) is 17.9 Å². The van der Waals surface area contributed by atoms with E-state index in [1.165, 1.54) is 4.90 Å². The van der Waals surface area contributed by atoms with Gasteiger partial charge in [-0.2, -0.15) is 0 Å². The van der Waals surface area contributed by atoms with Gasteiger partial charge in [0.25, 0.3) is 5.91 Å². The Hall–Kier alpha value is -2.34. The predicted molar refractivity (Wildman–Crippen MR) is 130 cm³/mol. The van der Waals surface area contributed by atoms with Gasteiger partial charge in [-0.05, 0) is 47.9 Å². The molecule has 0 bridgehead atoms. The number of fused-ring (bicyclic) bond motifs is 1. The Bertz CT molecular complexity index is 1180. The van der Waals surface area contributed by atoms with E-state index >= 15 is 0 Å². The molecule has 4 nitrogen and oxygen atoms in total. The van der Waals surface area contributed by atoms with E-state index in [9.17, 15) is 9.59 Å². The zero-order chi connectivity index (χ0) is 22.5. The molecule has 2 aliphatic rings. The fraction of sp³-hybridized carbons (Fsp3) is 0.200. The zero-order valence-corrected chi connectivity index (χ0v) is 20.1. The highest BCUT2D eigenvalue weighted by atomic mass is 79.9. The van der Waals surface area contributed by atoms with Gasteiger partial charge < -0.3 is 4.90 Å². The van der Waals surface area contributed by atoms with Crippen LogP contribution in [-0.2, 0) is 11.2 Å². The summed E-state index contributed by atoms with van der Waals surface area (Å²) in [6.07, 6.45) is 1.00. The number of benzene rings is 3. The number of imide groups is 1. The number of hydrogen-bond donors (Lipinski definition) is 0. The molecule has 3 aromatic rings. The molecule has 0 N–H and O–H groups in total. The smallest absolute Gasteiger partial charge is 0.308 e. The second kappa shape index (κ2) is 8.22. The molecule has 2 aliphatic heterocycles. The Labute approximate surface area is 204 Å². The molecule has 2 saturated heterocycles. The molecule has 2 fully saturated rings. The van der Waals surface area contributed by atoms with Crippen LogP contribution in [0.5, 0.6) is 0 Å². The molecule has 0 radical (unpaired) electrons. The molecule has 2 unspecified atom stereocenters. The minimum Gasteiger partial charge on any atom is -0.308 e. The summed E-state index contributed by atoms with van der Waals surface area (Å²) in [6.45, 7) is 0.482. The highest BCUT2D eigenvalue weighted by Crippen LogP contribution is 2.47. The van der Waals surface area contributed by atoms with Crippen LogP contribution in [0.1, 0.15) is 23.5 Å². The van der Waals surface area contributed by atoms with E-state index in [1.54, 1.807) is 23.1 Å². The van der Waals surface area contributed by atoms with Crippen LogP contribution in [0.15, 0.2) is 77.3 Å². The van der Waals surface area contributed by atoms with Crippen molar-refractivity contribution in [3.8, 4) is 0 Å². The van der Waals surface area contributed by atoms with Gasteiger partial charge in [0.2, 0.25) is 0 Å². The first-order chi connectivity index (χ1) is 15.4. The van der Waals surface area contributed by atoms with Gasteiger partial charge in [-0.1, -0.05) is 81.6 Å². The van der Waals surface area contributed by atoms with Gasteiger partial charge >= 0.3 is 6.03 Å². The molecule has 0 aliphatic carbocycles. The van der Waals surface area contributed by atoms with Crippen molar-refractivity contribution in [2.45, 2.75) is 24.3 Å². The summed E-state index contributed by atoms with van der Waals surface area (Å²) >= 11 is 15.8. The number of hydrogen-bond acceptors (Lipinski definition) is 2. The van der Waals surface area contributed by atoms with E-state index < -0.39 is 5.54 Å². The number of nitrogens with zero attached hydrogens (tertiary/aromatic N) is 2. The van der Waals surface area contributed by atoms with Crippen molar-refractivity contribution >= 4 is 56.8 Å². The van der Waals surface area contributed by atoms with Crippen molar-refractivity contribution < 1.29 is 9.59 Å². The summed E-state index contributed by atoms with van der Waals surface area (Å²) in [6, 6.07) is 22.4. The highest BCUT2D eigenvalue weighted by molar-refractivity contribution is 9.10. The van der Waals surface area contributed by atoms with Crippen molar-refractivity contribution in [1.29, 1.82) is 0 Å². The maximum atomic E-state index is 14.0. The molecular weight excluding hydrogens is 511 g/mol. The summed E-state index contributed by atoms with van der Waals surface area (Å²) in [7, 11) is 0. The molecule has 2 atom stereocenters. The summed E-state index contributed by atoms with van der Waals surface area (Å²) in [5, 5.41) is 0.758. The molecule has 0 spiro atoms. The van der Waals surface area contributed by atoms with Crippen LogP contribution in [0.4, 0.5) is 10.5 Å². The minimum absolute atomic E-state index is 0.0876. The lowest BCUT2D eigenvalue weighted by Gasteiger charge is -2.28. The predicted octanol–water partition coefficient (Wildman–Crippen LogP) is 6.69. The van der Waals surface area contributed by atoms with Crippen LogP contribution in [0.25, 0.3) is 0 Å². The summed E-state index contributed by atoms with van der Waals surface area (Å²) in [4.78, 5) is 30.5. The SMILES string of the molecule is O=C1N(c2cc(Cl)cc(Cl)c2)C(=O)C2(Cc3ccc(Br)cc3)CC(c3ccccc3)CN12. The Morgan fingerprint density at radius 1 is 0.938 bits per heavy atom. The maximum absolute atomic E-state index is 14.0. The first-order valence-electron chi connectivity index (χ1n) is 10.3. The third-order valence-corrected chi connectivity index (χ3v) is 7.28. The summed E-state index contributed by atoms with van der Waals surface area (Å²) in [5.41, 5.74) is 1.58. The third kappa shape index (κ3) is 3.62. The molecule has 32 heavy (non-hydrogen) atoms. The number of halogens is 3. The van der Waals surface area contributed by atoms with E-state index in [0.29, 0.717) is 35.1 Å². The molecule has 2 heterocycles. The van der Waals surface area contributed by atoms with Crippen LogP contribution in [0.2, 0.25) is 10.0 Å². The molecule has 7 heteroatoms. The molecular formula is C25H19BrCl2N2O2. The van der Waals surface area contributed by atoms with Gasteiger partial charge in [-0.3, -0.25) is 4.79 Å². The zero-order valence-electron chi connectivity index (χ0n) is 17.0. The maximum Gasteiger partial charge on any atom is 0.332 e. The van der Waals surface area contributed by atoms with E-state index in [4.69, 9.17) is 23.2 Å². The lowest BCUT2D eigenvalue weighted by Crippen LogP contribution is -2.47. The van der Waals surface area contributed by atoms with Gasteiger partial charge in [0.05, 0.1) is 5.69 Å². The molecule has 3 amide bonds. The highest BCUT2D eigenvalue weighted by Gasteiger charge is 2.62. The Balaban J connectivity index is 1.57. The second-order valence-corrected chi connectivity index (χ2v) is 10.1. The van der Waals surface area contributed by atoms with Crippen LogP contribution in [0, 0.1) is 0 Å². The van der Waals surface area contributed by atoms with Crippen molar-refractivity contribution in [3.63, 3.8) is 0 Å². The quantitative estimate of drug-likeness (QED) is 0.353. The fourth-order valence-electron chi connectivity index (χ4n) is 4.88. The number of amides is 3. The lowest BCUT2D eigenvalue weighted by atomic mass is 9.83. The molecule has 5 rings (SSSR count). The molecule has 162 valence electrons. The molecule has 0 aromatic heterocycles. The number of rotatable bonds is 4. The molecule has 3 aromatic carbocycles. The Kier molecular flexibility index (Phi) is 5.52. The van der Waals surface area contributed by atoms with E-state index in [1.807, 2.05) is 42.5 Å². The number of carbonyl (C=O) groups excluding carboxylic acids is 2. The minimum atomic E-state index is -0.958. The van der Waals surface area contributed by atoms with Crippen molar-refractivity contribution in [3.05, 3.63) is 98.4 Å². The lowest BCUT2D eigenvalue weighted by molar-refractivity contribution is -0.124. The van der Waals surface area contributed by atoms with Crippen molar-refractivity contribution in [2.75, 3.05) is 11.4 Å². The van der Waals surface area contributed by atoms with Gasteiger partial charge in [0.1, 0.15) is 5.54 Å². The molecule has 0 saturated carbocycles. The van der Waals surface area contributed by atoms with E-state index in [2.05, 4.69) is 28.1 Å². The standard InChI is InChI=1S/C25H19BrCl2N2O2/c26-19-8-6-16(7-9-19)13-25-14-18(17-4-2-1-3-5-17)15-29(25)24(32)30(23(25)31)22-11-20(27)10-21(28)12-22/h1-12,18H,13-15H2. The van der Waals surface area contributed by atoms with Crippen LogP contribution in [0.3, 0.4) is 0 Å². The average molecular weight is 530 g/mol. The van der Waals surface area contributed by atoms with Crippen LogP contribution < -0.4 is 4.90 Å². The first kappa shape index (κ1) is 21.5. The van der Waals surface area contributed by atoms with Gasteiger partial charge in [-0.15, -0.1) is 0 Å². The van der Waals surface area contributed by atoms with Gasteiger partial charge in [0, 0.05) is 33.4 Å². The van der Waals surface area contributed by atoms with E-state index in [0.717, 1.165) is 15.6 Å². The Morgan fingerprint density at radius 3 is 2.25 bits per heavy atom. The number of urea groups is 1. The van der Waals surface area contributed by atoms with Gasteiger partial charge in [0.15, 0.2) is 0 Å². The van der Waals surface area contributed by atoms with Crippen molar-refractivity contribution in [2.24, 2.45) is 0 Å². The number of carbonyl (C=O) groups is 2. The topological polar surface area (TPSA) is 40.6 Å². The van der Waals surface area contributed by atoms with Crippen LogP contribution in [-0.4, -0.2) is 28.9 Å². The summed E-state index contributed by atoms with van der Waals surface area (Å²) in [5.74, 6) is -0.146. The number of anilines is 1. The average Bonchev–Trinajstić information content (AvgIpc) is 3.24. The monoisotopic (exact) mass is 528 g/mol. The third-order valence-electron chi connectivity index (χ3n) is 6.31. The van der Waals surface area contributed by atoms with Gasteiger partial charge in [-0.25, -0.2) is 9.69 Å². The Morgan fingerprint density at radius 2 is 1.59 bits per heavy atom.